The highest BCUT2D eigenvalue weighted by molar-refractivity contribution is 5.89. The summed E-state index contributed by atoms with van der Waals surface area (Å²) in [4.78, 5) is 21.6. The first kappa shape index (κ1) is 19.0. The van der Waals surface area contributed by atoms with Crippen molar-refractivity contribution in [1.29, 1.82) is 0 Å². The van der Waals surface area contributed by atoms with Gasteiger partial charge in [0.2, 0.25) is 0 Å². The fourth-order valence-corrected chi connectivity index (χ4v) is 3.61. The third-order valence-corrected chi connectivity index (χ3v) is 4.66. The molecule has 1 aromatic carbocycles. The summed E-state index contributed by atoms with van der Waals surface area (Å²) < 4.78 is 0. The average Bonchev–Trinajstić information content (AvgIpc) is 2.79. The summed E-state index contributed by atoms with van der Waals surface area (Å²) in [6.07, 6.45) is 6.08. The van der Waals surface area contributed by atoms with Crippen molar-refractivity contribution in [3.63, 3.8) is 0 Å². The van der Waals surface area contributed by atoms with Crippen LogP contribution >= 0.6 is 0 Å². The molecule has 0 fully saturated rings. The molecular weight excluding hydrogens is 320 g/mol. The number of carboxylic acids is 2. The Hall–Kier alpha value is -2.34. The van der Waals surface area contributed by atoms with Gasteiger partial charge in [0.15, 0.2) is 0 Å². The third-order valence-electron chi connectivity index (χ3n) is 4.66. The quantitative estimate of drug-likeness (QED) is 0.707. The number of anilines is 1. The van der Waals surface area contributed by atoms with Crippen molar-refractivity contribution in [3.05, 3.63) is 40.5 Å². The average molecular weight is 346 g/mol. The number of nitrogens with zero attached hydrogens (tertiary/aromatic N) is 1. The molecule has 0 saturated carbocycles. The van der Waals surface area contributed by atoms with Gasteiger partial charge in [-0.2, -0.15) is 0 Å². The summed E-state index contributed by atoms with van der Waals surface area (Å²) in [6, 6.07) is 2.49. The van der Waals surface area contributed by atoms with Gasteiger partial charge >= 0.3 is 11.9 Å². The van der Waals surface area contributed by atoms with Gasteiger partial charge in [0.25, 0.3) is 0 Å². The predicted molar refractivity (Wildman–Crippen MR) is 97.5 cm³/mol. The topological polar surface area (TPSA) is 89.9 Å². The lowest BCUT2D eigenvalue weighted by Crippen LogP contribution is -2.26. The molecule has 2 aliphatic rings. The summed E-state index contributed by atoms with van der Waals surface area (Å²) in [6.45, 7) is 5.81. The van der Waals surface area contributed by atoms with E-state index in [-0.39, 0.29) is 0 Å². The van der Waals surface area contributed by atoms with E-state index in [1.54, 1.807) is 22.3 Å². The SMILES string of the molecule is Cc1c2c(cc3c1N(C)CCC3)CCNCC2.O=C(O)/C=C/C(=O)O. The number of benzene rings is 1. The molecule has 1 aromatic rings. The molecular formula is C19H26N2O4. The number of aryl methyl sites for hydroxylation is 1. The molecule has 0 amide bonds. The van der Waals surface area contributed by atoms with Crippen LogP contribution in [0, 0.1) is 6.92 Å². The van der Waals surface area contributed by atoms with Crippen molar-refractivity contribution in [2.45, 2.75) is 32.6 Å². The second kappa shape index (κ2) is 8.67. The Labute approximate surface area is 148 Å². The van der Waals surface area contributed by atoms with Crippen LogP contribution < -0.4 is 10.2 Å². The number of aliphatic carboxylic acids is 2. The predicted octanol–water partition coefficient (Wildman–Crippen LogP) is 1.78. The molecule has 0 unspecified atom stereocenters. The fraction of sp³-hybridized carbons (Fsp3) is 0.474. The molecule has 0 aliphatic carbocycles. The van der Waals surface area contributed by atoms with Crippen LogP contribution in [0.3, 0.4) is 0 Å². The number of rotatable bonds is 2. The maximum Gasteiger partial charge on any atom is 0.328 e. The minimum absolute atomic E-state index is 0.558. The highest BCUT2D eigenvalue weighted by Gasteiger charge is 2.21. The second-order valence-electron chi connectivity index (χ2n) is 6.43. The Balaban J connectivity index is 0.000000242. The minimum Gasteiger partial charge on any atom is -0.478 e. The van der Waals surface area contributed by atoms with E-state index in [9.17, 15) is 9.59 Å². The zero-order valence-electron chi connectivity index (χ0n) is 14.8. The van der Waals surface area contributed by atoms with Gasteiger partial charge in [-0.15, -0.1) is 0 Å². The number of carboxylic acid groups (broad SMARTS) is 2. The van der Waals surface area contributed by atoms with Crippen LogP contribution in [0.4, 0.5) is 5.69 Å². The highest BCUT2D eigenvalue weighted by atomic mass is 16.4. The van der Waals surface area contributed by atoms with Crippen molar-refractivity contribution in [2.75, 3.05) is 31.6 Å². The Kier molecular flexibility index (Phi) is 6.58. The van der Waals surface area contributed by atoms with Gasteiger partial charge in [-0.05, 0) is 68.0 Å². The van der Waals surface area contributed by atoms with Crippen LogP contribution in [0.25, 0.3) is 0 Å². The first-order valence-electron chi connectivity index (χ1n) is 8.60. The monoisotopic (exact) mass is 346 g/mol. The molecule has 0 bridgehead atoms. The maximum absolute atomic E-state index is 9.55. The molecule has 3 N–H and O–H groups in total. The van der Waals surface area contributed by atoms with Crippen molar-refractivity contribution in [2.24, 2.45) is 0 Å². The zero-order chi connectivity index (χ0) is 18.4. The van der Waals surface area contributed by atoms with Crippen LogP contribution in [0.2, 0.25) is 0 Å². The Morgan fingerprint density at radius 2 is 1.72 bits per heavy atom. The molecule has 25 heavy (non-hydrogen) atoms. The molecule has 6 nitrogen and oxygen atoms in total. The lowest BCUT2D eigenvalue weighted by Gasteiger charge is -2.31. The molecule has 0 radical (unpaired) electrons. The lowest BCUT2D eigenvalue weighted by atomic mass is 9.89. The summed E-state index contributed by atoms with van der Waals surface area (Å²) in [5, 5.41) is 19.1. The summed E-state index contributed by atoms with van der Waals surface area (Å²) in [7, 11) is 2.24. The van der Waals surface area contributed by atoms with Gasteiger partial charge in [0.1, 0.15) is 0 Å². The van der Waals surface area contributed by atoms with E-state index in [4.69, 9.17) is 10.2 Å². The summed E-state index contributed by atoms with van der Waals surface area (Å²) >= 11 is 0. The van der Waals surface area contributed by atoms with Gasteiger partial charge in [-0.3, -0.25) is 0 Å². The van der Waals surface area contributed by atoms with E-state index in [1.165, 1.54) is 37.9 Å². The molecule has 136 valence electrons. The smallest absolute Gasteiger partial charge is 0.328 e. The normalized spacial score (nSPS) is 16.3. The number of fused-ring (bicyclic) bond motifs is 2. The first-order valence-corrected chi connectivity index (χ1v) is 8.60. The molecule has 6 heteroatoms. The Morgan fingerprint density at radius 1 is 1.08 bits per heavy atom. The van der Waals surface area contributed by atoms with Gasteiger partial charge < -0.3 is 20.4 Å². The van der Waals surface area contributed by atoms with Crippen molar-refractivity contribution in [1.82, 2.24) is 5.32 Å². The summed E-state index contributed by atoms with van der Waals surface area (Å²) in [5.41, 5.74) is 7.86. The number of hydrogen-bond acceptors (Lipinski definition) is 4. The van der Waals surface area contributed by atoms with Crippen LogP contribution in [0.15, 0.2) is 18.2 Å². The van der Waals surface area contributed by atoms with Crippen LogP contribution in [0.5, 0.6) is 0 Å². The molecule has 2 aliphatic heterocycles. The Bertz CT molecular complexity index is 666. The third kappa shape index (κ3) is 5.06. The highest BCUT2D eigenvalue weighted by Crippen LogP contribution is 2.34. The van der Waals surface area contributed by atoms with Crippen LogP contribution in [-0.4, -0.2) is 48.8 Å². The standard InChI is InChI=1S/C15H22N2.C4H4O4/c1-11-14-6-8-16-7-5-12(14)10-13-4-3-9-17(2)15(11)13;5-3(6)1-2-4(7)8/h10,16H,3-9H2,1-2H3;1-2H,(H,5,6)(H,7,8)/b;2-1+. The van der Waals surface area contributed by atoms with Gasteiger partial charge in [-0.1, -0.05) is 6.07 Å². The van der Waals surface area contributed by atoms with Crippen LogP contribution in [-0.2, 0) is 28.9 Å². The zero-order valence-corrected chi connectivity index (χ0v) is 14.8. The van der Waals surface area contributed by atoms with Crippen molar-refractivity contribution in [3.8, 4) is 0 Å². The van der Waals surface area contributed by atoms with E-state index < -0.39 is 11.9 Å². The molecule has 3 rings (SSSR count). The van der Waals surface area contributed by atoms with Gasteiger partial charge in [0, 0.05) is 31.4 Å². The number of carbonyl (C=O) groups is 2. The van der Waals surface area contributed by atoms with Gasteiger partial charge in [0.05, 0.1) is 0 Å². The van der Waals surface area contributed by atoms with Crippen LogP contribution in [0.1, 0.15) is 28.7 Å². The van der Waals surface area contributed by atoms with E-state index in [0.717, 1.165) is 13.1 Å². The molecule has 0 saturated heterocycles. The first-order chi connectivity index (χ1) is 11.9. The number of hydrogen-bond donors (Lipinski definition) is 3. The summed E-state index contributed by atoms with van der Waals surface area (Å²) in [5.74, 6) is -2.51. The second-order valence-corrected chi connectivity index (χ2v) is 6.43. The lowest BCUT2D eigenvalue weighted by molar-refractivity contribution is -0.134. The van der Waals surface area contributed by atoms with E-state index in [0.29, 0.717) is 12.2 Å². The molecule has 0 spiro atoms. The fourth-order valence-electron chi connectivity index (χ4n) is 3.61. The largest absolute Gasteiger partial charge is 0.478 e. The maximum atomic E-state index is 9.55. The van der Waals surface area contributed by atoms with Crippen molar-refractivity contribution < 1.29 is 19.8 Å². The minimum atomic E-state index is -1.26. The van der Waals surface area contributed by atoms with E-state index >= 15 is 0 Å². The van der Waals surface area contributed by atoms with E-state index in [1.807, 2.05) is 0 Å². The van der Waals surface area contributed by atoms with Gasteiger partial charge in [-0.25, -0.2) is 9.59 Å². The Morgan fingerprint density at radius 3 is 2.36 bits per heavy atom. The molecule has 0 atom stereocenters. The molecule has 0 aromatic heterocycles. The molecule has 2 heterocycles. The van der Waals surface area contributed by atoms with E-state index in [2.05, 4.69) is 30.3 Å². The number of nitrogens with one attached hydrogen (secondary N) is 1. The van der Waals surface area contributed by atoms with Crippen molar-refractivity contribution >= 4 is 17.6 Å².